The lowest BCUT2D eigenvalue weighted by molar-refractivity contribution is -0.137. The molecule has 7 nitrogen and oxygen atoms in total. The molecular formula is C13H14N4O3. The topological polar surface area (TPSA) is 101 Å². The number of anilines is 1. The normalized spacial score (nSPS) is 18.0. The summed E-state index contributed by atoms with van der Waals surface area (Å²) in [5.74, 6) is 5.15. The van der Waals surface area contributed by atoms with Crippen molar-refractivity contribution < 1.29 is 9.90 Å². The maximum Gasteiger partial charge on any atom is 0.312 e. The van der Waals surface area contributed by atoms with Gasteiger partial charge in [-0.05, 0) is 18.6 Å². The molecule has 1 unspecified atom stereocenters. The molecule has 0 radical (unpaired) electrons. The van der Waals surface area contributed by atoms with Crippen molar-refractivity contribution >= 4 is 22.8 Å². The van der Waals surface area contributed by atoms with Crippen LogP contribution in [0.5, 0.6) is 0 Å². The van der Waals surface area contributed by atoms with Crippen molar-refractivity contribution in [3.63, 3.8) is 0 Å². The largest absolute Gasteiger partial charge is 0.481 e. The second-order valence-electron chi connectivity index (χ2n) is 4.83. The van der Waals surface area contributed by atoms with Crippen molar-refractivity contribution in [1.29, 1.82) is 0 Å². The maximum atomic E-state index is 12.2. The van der Waals surface area contributed by atoms with E-state index in [1.165, 1.54) is 0 Å². The highest BCUT2D eigenvalue weighted by Gasteiger charge is 2.33. The lowest BCUT2D eigenvalue weighted by atomic mass is 10.00. The van der Waals surface area contributed by atoms with Gasteiger partial charge < -0.3 is 15.8 Å². The average molecular weight is 274 g/mol. The van der Waals surface area contributed by atoms with Gasteiger partial charge in [0, 0.05) is 12.6 Å². The summed E-state index contributed by atoms with van der Waals surface area (Å²) in [6.07, 6.45) is 0.739. The van der Waals surface area contributed by atoms with Crippen LogP contribution in [0.15, 0.2) is 29.1 Å². The average Bonchev–Trinajstić information content (AvgIpc) is 2.40. The zero-order chi connectivity index (χ0) is 14.3. The van der Waals surface area contributed by atoms with Crippen LogP contribution >= 0.6 is 0 Å². The molecule has 1 fully saturated rings. The van der Waals surface area contributed by atoms with E-state index >= 15 is 0 Å². The number of hydrogen-bond donors (Lipinski definition) is 2. The third-order valence-corrected chi connectivity index (χ3v) is 3.60. The van der Waals surface area contributed by atoms with Crippen molar-refractivity contribution in [3.8, 4) is 0 Å². The number of aromatic nitrogens is 2. The number of carbonyl (C=O) groups is 1. The SMILES string of the molecule is Nn1c(=O)c(N2CCC2CC(=O)O)nc2ccccc21. The minimum absolute atomic E-state index is 0.00147. The number of carboxylic acids is 1. The first-order chi connectivity index (χ1) is 9.58. The molecule has 20 heavy (non-hydrogen) atoms. The summed E-state index contributed by atoms with van der Waals surface area (Å²) in [5, 5.41) is 8.85. The van der Waals surface area contributed by atoms with E-state index < -0.39 is 11.5 Å². The van der Waals surface area contributed by atoms with Gasteiger partial charge in [-0.1, -0.05) is 12.1 Å². The Bertz CT molecular complexity index is 740. The monoisotopic (exact) mass is 274 g/mol. The molecule has 0 spiro atoms. The zero-order valence-corrected chi connectivity index (χ0v) is 10.7. The Hall–Kier alpha value is -2.57. The summed E-state index contributed by atoms with van der Waals surface area (Å²) >= 11 is 0. The number of rotatable bonds is 3. The van der Waals surface area contributed by atoms with Gasteiger partial charge in [0.1, 0.15) is 0 Å². The molecule has 1 aromatic carbocycles. The Morgan fingerprint density at radius 3 is 2.85 bits per heavy atom. The highest BCUT2D eigenvalue weighted by Crippen LogP contribution is 2.25. The van der Waals surface area contributed by atoms with E-state index in [2.05, 4.69) is 4.98 Å². The summed E-state index contributed by atoms with van der Waals surface area (Å²) < 4.78 is 1.06. The number of carboxylic acid groups (broad SMARTS) is 1. The Morgan fingerprint density at radius 1 is 1.45 bits per heavy atom. The molecule has 0 aliphatic carbocycles. The molecule has 3 N–H and O–H groups in total. The van der Waals surface area contributed by atoms with Gasteiger partial charge in [0.15, 0.2) is 5.82 Å². The van der Waals surface area contributed by atoms with E-state index in [4.69, 9.17) is 10.9 Å². The van der Waals surface area contributed by atoms with Crippen LogP contribution in [-0.4, -0.2) is 33.3 Å². The maximum absolute atomic E-state index is 12.2. The van der Waals surface area contributed by atoms with Crippen LogP contribution in [0.25, 0.3) is 11.0 Å². The number of benzene rings is 1. The number of nitrogen functional groups attached to an aromatic ring is 1. The van der Waals surface area contributed by atoms with Crippen molar-refractivity contribution in [2.24, 2.45) is 0 Å². The van der Waals surface area contributed by atoms with Crippen molar-refractivity contribution in [3.05, 3.63) is 34.6 Å². The van der Waals surface area contributed by atoms with E-state index in [1.807, 2.05) is 6.07 Å². The highest BCUT2D eigenvalue weighted by molar-refractivity contribution is 5.76. The third kappa shape index (κ3) is 1.87. The summed E-state index contributed by atoms with van der Waals surface area (Å²) in [6, 6.07) is 6.90. The molecule has 1 atom stereocenters. The molecule has 1 saturated heterocycles. The van der Waals surface area contributed by atoms with Gasteiger partial charge in [-0.3, -0.25) is 9.59 Å². The summed E-state index contributed by atoms with van der Waals surface area (Å²) in [6.45, 7) is 0.624. The van der Waals surface area contributed by atoms with Crippen LogP contribution < -0.4 is 16.3 Å². The summed E-state index contributed by atoms with van der Waals surface area (Å²) in [4.78, 5) is 29.1. The fraction of sp³-hybridized carbons (Fsp3) is 0.308. The minimum atomic E-state index is -0.881. The molecule has 2 heterocycles. The van der Waals surface area contributed by atoms with Crippen LogP contribution in [0.3, 0.4) is 0 Å². The number of para-hydroxylation sites is 2. The first-order valence-electron chi connectivity index (χ1n) is 6.33. The van der Waals surface area contributed by atoms with Gasteiger partial charge in [0.2, 0.25) is 0 Å². The highest BCUT2D eigenvalue weighted by atomic mass is 16.4. The molecule has 1 aliphatic heterocycles. The lowest BCUT2D eigenvalue weighted by Crippen LogP contribution is -2.52. The Labute approximate surface area is 114 Å². The van der Waals surface area contributed by atoms with Crippen LogP contribution in [0, 0.1) is 0 Å². The van der Waals surface area contributed by atoms with Gasteiger partial charge in [-0.2, -0.15) is 0 Å². The molecule has 0 amide bonds. The molecule has 7 heteroatoms. The van der Waals surface area contributed by atoms with E-state index in [0.717, 1.165) is 11.1 Å². The van der Waals surface area contributed by atoms with E-state index in [9.17, 15) is 9.59 Å². The smallest absolute Gasteiger partial charge is 0.312 e. The molecule has 0 saturated carbocycles. The molecule has 1 aromatic heterocycles. The Balaban J connectivity index is 2.06. The summed E-state index contributed by atoms with van der Waals surface area (Å²) in [5.41, 5.74) is 0.765. The molecule has 3 rings (SSSR count). The van der Waals surface area contributed by atoms with Gasteiger partial charge in [0.05, 0.1) is 17.5 Å². The van der Waals surface area contributed by atoms with Gasteiger partial charge >= 0.3 is 11.5 Å². The van der Waals surface area contributed by atoms with Crippen molar-refractivity contribution in [2.75, 3.05) is 17.3 Å². The predicted molar refractivity (Wildman–Crippen MR) is 74.2 cm³/mol. The van der Waals surface area contributed by atoms with Crippen LogP contribution in [0.4, 0.5) is 5.82 Å². The Morgan fingerprint density at radius 2 is 2.20 bits per heavy atom. The van der Waals surface area contributed by atoms with Crippen molar-refractivity contribution in [2.45, 2.75) is 18.9 Å². The van der Waals surface area contributed by atoms with Crippen LogP contribution in [0.1, 0.15) is 12.8 Å². The number of nitrogens with zero attached hydrogens (tertiary/aromatic N) is 3. The van der Waals surface area contributed by atoms with Crippen LogP contribution in [0.2, 0.25) is 0 Å². The first kappa shape index (κ1) is 12.5. The Kier molecular flexibility index (Phi) is 2.81. The third-order valence-electron chi connectivity index (χ3n) is 3.60. The second-order valence-corrected chi connectivity index (χ2v) is 4.83. The van der Waals surface area contributed by atoms with E-state index in [1.54, 1.807) is 23.1 Å². The predicted octanol–water partition coefficient (Wildman–Crippen LogP) is 0.164. The molecule has 104 valence electrons. The summed E-state index contributed by atoms with van der Waals surface area (Å²) in [7, 11) is 0. The van der Waals surface area contributed by atoms with E-state index in [-0.39, 0.29) is 18.3 Å². The lowest BCUT2D eigenvalue weighted by Gasteiger charge is -2.40. The number of nitrogens with two attached hydrogens (primary N) is 1. The van der Waals surface area contributed by atoms with Crippen molar-refractivity contribution in [1.82, 2.24) is 9.66 Å². The fourth-order valence-electron chi connectivity index (χ4n) is 2.46. The van der Waals surface area contributed by atoms with Gasteiger partial charge in [-0.15, -0.1) is 0 Å². The fourth-order valence-corrected chi connectivity index (χ4v) is 2.46. The second kappa shape index (κ2) is 4.52. The molecule has 1 aliphatic rings. The van der Waals surface area contributed by atoms with Gasteiger partial charge in [-0.25, -0.2) is 9.66 Å². The first-order valence-corrected chi connectivity index (χ1v) is 6.33. The zero-order valence-electron chi connectivity index (χ0n) is 10.7. The minimum Gasteiger partial charge on any atom is -0.481 e. The quantitative estimate of drug-likeness (QED) is 0.773. The van der Waals surface area contributed by atoms with E-state index in [0.29, 0.717) is 17.6 Å². The number of aliphatic carboxylic acids is 1. The molecule has 2 aromatic rings. The van der Waals surface area contributed by atoms with Crippen LogP contribution in [-0.2, 0) is 4.79 Å². The standard InChI is InChI=1S/C13H14N4O3/c14-17-10-4-2-1-3-9(10)15-12(13(17)20)16-6-5-8(16)7-11(18)19/h1-4,8H,5-7,14H2,(H,18,19). The van der Waals surface area contributed by atoms with Gasteiger partial charge in [0.25, 0.3) is 0 Å². The number of fused-ring (bicyclic) bond motifs is 1. The number of hydrogen-bond acceptors (Lipinski definition) is 5. The molecule has 0 bridgehead atoms. The molecular weight excluding hydrogens is 260 g/mol.